The highest BCUT2D eigenvalue weighted by atomic mass is 16.6. The average Bonchev–Trinajstić information content (AvgIpc) is 2.99. The molecule has 0 spiro atoms. The first-order valence-corrected chi connectivity index (χ1v) is 8.35. The van der Waals surface area contributed by atoms with E-state index in [1.54, 1.807) is 18.2 Å². The Hall–Kier alpha value is -3.47. The van der Waals surface area contributed by atoms with Crippen LogP contribution in [0.5, 0.6) is 0 Å². The Morgan fingerprint density at radius 3 is 2.54 bits per heavy atom. The number of benzene rings is 3. The van der Waals surface area contributed by atoms with Crippen molar-refractivity contribution in [2.45, 2.75) is 12.8 Å². The predicted molar refractivity (Wildman–Crippen MR) is 100 cm³/mol. The second-order valence-electron chi connectivity index (χ2n) is 6.32. The van der Waals surface area contributed by atoms with E-state index in [1.807, 2.05) is 30.3 Å². The molecule has 1 N–H and O–H groups in total. The van der Waals surface area contributed by atoms with Crippen LogP contribution in [0, 0.1) is 10.1 Å². The highest BCUT2D eigenvalue weighted by Gasteiger charge is 2.19. The highest BCUT2D eigenvalue weighted by Crippen LogP contribution is 2.37. The topological polar surface area (TPSA) is 72.2 Å². The lowest BCUT2D eigenvalue weighted by molar-refractivity contribution is -0.385. The van der Waals surface area contributed by atoms with Crippen LogP contribution in [0.3, 0.4) is 0 Å². The number of nitro benzene ring substituents is 1. The molecule has 26 heavy (non-hydrogen) atoms. The third kappa shape index (κ3) is 2.95. The van der Waals surface area contributed by atoms with E-state index in [9.17, 15) is 14.9 Å². The van der Waals surface area contributed by atoms with Gasteiger partial charge in [0, 0.05) is 17.3 Å². The SMILES string of the molecule is O=C(Cc1ccccc1[N+](=O)[O-])Nc1ccc2c(c1)Cc1ccccc1-2. The monoisotopic (exact) mass is 344 g/mol. The van der Waals surface area contributed by atoms with Crippen molar-refractivity contribution in [3.63, 3.8) is 0 Å². The van der Waals surface area contributed by atoms with Gasteiger partial charge in [-0.1, -0.05) is 48.5 Å². The zero-order valence-corrected chi connectivity index (χ0v) is 13.9. The van der Waals surface area contributed by atoms with E-state index in [2.05, 4.69) is 17.4 Å². The molecule has 1 amide bonds. The molecule has 0 bridgehead atoms. The normalized spacial score (nSPS) is 11.5. The van der Waals surface area contributed by atoms with Gasteiger partial charge < -0.3 is 5.32 Å². The quantitative estimate of drug-likeness (QED) is 0.442. The summed E-state index contributed by atoms with van der Waals surface area (Å²) in [6, 6.07) is 20.4. The van der Waals surface area contributed by atoms with Gasteiger partial charge in [0.2, 0.25) is 5.91 Å². The summed E-state index contributed by atoms with van der Waals surface area (Å²) in [6.45, 7) is 0. The van der Waals surface area contributed by atoms with E-state index in [0.29, 0.717) is 11.3 Å². The molecule has 5 nitrogen and oxygen atoms in total. The minimum absolute atomic E-state index is 0.0333. The molecule has 3 aromatic carbocycles. The van der Waals surface area contributed by atoms with Crippen molar-refractivity contribution < 1.29 is 9.72 Å². The van der Waals surface area contributed by atoms with Gasteiger partial charge in [-0.3, -0.25) is 14.9 Å². The third-order valence-corrected chi connectivity index (χ3v) is 4.62. The predicted octanol–water partition coefficient (Wildman–Crippen LogP) is 4.35. The molecule has 0 fully saturated rings. The molecular weight excluding hydrogens is 328 g/mol. The molecule has 0 radical (unpaired) electrons. The zero-order chi connectivity index (χ0) is 18.1. The summed E-state index contributed by atoms with van der Waals surface area (Å²) in [5.41, 5.74) is 5.97. The summed E-state index contributed by atoms with van der Waals surface area (Å²) in [7, 11) is 0. The van der Waals surface area contributed by atoms with Crippen LogP contribution in [0.25, 0.3) is 11.1 Å². The molecule has 0 heterocycles. The molecule has 1 aliphatic rings. The number of fused-ring (bicyclic) bond motifs is 3. The number of carbonyl (C=O) groups excluding carboxylic acids is 1. The van der Waals surface area contributed by atoms with E-state index >= 15 is 0 Å². The van der Waals surface area contributed by atoms with Crippen LogP contribution in [-0.4, -0.2) is 10.8 Å². The number of nitrogens with one attached hydrogen (secondary N) is 1. The van der Waals surface area contributed by atoms with Crippen LogP contribution in [0.15, 0.2) is 66.7 Å². The van der Waals surface area contributed by atoms with Crippen LogP contribution < -0.4 is 5.32 Å². The van der Waals surface area contributed by atoms with E-state index in [-0.39, 0.29) is 18.0 Å². The number of nitro groups is 1. The molecule has 1 aliphatic carbocycles. The number of para-hydroxylation sites is 1. The molecule has 128 valence electrons. The lowest BCUT2D eigenvalue weighted by Gasteiger charge is -2.08. The number of anilines is 1. The molecular formula is C21H16N2O3. The van der Waals surface area contributed by atoms with Crippen molar-refractivity contribution in [1.82, 2.24) is 0 Å². The summed E-state index contributed by atoms with van der Waals surface area (Å²) in [5, 5.41) is 13.9. The van der Waals surface area contributed by atoms with Crippen LogP contribution >= 0.6 is 0 Å². The molecule has 0 aliphatic heterocycles. The van der Waals surface area contributed by atoms with E-state index in [4.69, 9.17) is 0 Å². The Balaban J connectivity index is 1.52. The second-order valence-corrected chi connectivity index (χ2v) is 6.32. The number of hydrogen-bond donors (Lipinski definition) is 1. The van der Waals surface area contributed by atoms with E-state index < -0.39 is 4.92 Å². The maximum Gasteiger partial charge on any atom is 0.273 e. The lowest BCUT2D eigenvalue weighted by atomic mass is 10.1. The maximum absolute atomic E-state index is 12.3. The average molecular weight is 344 g/mol. The minimum atomic E-state index is -0.463. The van der Waals surface area contributed by atoms with Gasteiger partial charge >= 0.3 is 0 Å². The zero-order valence-electron chi connectivity index (χ0n) is 13.9. The standard InChI is InChI=1S/C21H16N2O3/c24-21(13-15-6-2-4-8-20(15)23(25)26)22-17-9-10-19-16(12-17)11-14-5-1-3-7-18(14)19/h1-10,12H,11,13H2,(H,22,24). The molecule has 0 saturated heterocycles. The highest BCUT2D eigenvalue weighted by molar-refractivity contribution is 5.93. The first-order chi connectivity index (χ1) is 12.6. The smallest absolute Gasteiger partial charge is 0.273 e. The molecule has 0 aromatic heterocycles. The minimum Gasteiger partial charge on any atom is -0.326 e. The lowest BCUT2D eigenvalue weighted by Crippen LogP contribution is -2.15. The first-order valence-electron chi connectivity index (χ1n) is 8.35. The van der Waals surface area contributed by atoms with Gasteiger partial charge in [0.25, 0.3) is 5.69 Å². The maximum atomic E-state index is 12.3. The van der Waals surface area contributed by atoms with Crippen molar-refractivity contribution in [2.75, 3.05) is 5.32 Å². The number of amides is 1. The first kappa shape index (κ1) is 16.0. The Morgan fingerprint density at radius 1 is 0.962 bits per heavy atom. The Morgan fingerprint density at radius 2 is 1.69 bits per heavy atom. The Kier molecular flexibility index (Phi) is 3.97. The van der Waals surface area contributed by atoms with Gasteiger partial charge in [-0.25, -0.2) is 0 Å². The summed E-state index contributed by atoms with van der Waals surface area (Å²) >= 11 is 0. The fourth-order valence-corrected chi connectivity index (χ4v) is 3.44. The van der Waals surface area contributed by atoms with Crippen molar-refractivity contribution >= 4 is 17.3 Å². The van der Waals surface area contributed by atoms with E-state index in [1.165, 1.54) is 28.3 Å². The van der Waals surface area contributed by atoms with Crippen LogP contribution in [0.4, 0.5) is 11.4 Å². The van der Waals surface area contributed by atoms with Crippen molar-refractivity contribution in [2.24, 2.45) is 0 Å². The molecule has 3 aromatic rings. The van der Waals surface area contributed by atoms with Gasteiger partial charge in [0.15, 0.2) is 0 Å². The van der Waals surface area contributed by atoms with Gasteiger partial charge in [-0.05, 0) is 40.8 Å². The summed E-state index contributed by atoms with van der Waals surface area (Å²) < 4.78 is 0. The molecule has 0 atom stereocenters. The van der Waals surface area contributed by atoms with Gasteiger partial charge in [-0.15, -0.1) is 0 Å². The summed E-state index contributed by atoms with van der Waals surface area (Å²) in [4.78, 5) is 22.9. The number of rotatable bonds is 4. The summed E-state index contributed by atoms with van der Waals surface area (Å²) in [5.74, 6) is -0.269. The van der Waals surface area contributed by atoms with Crippen molar-refractivity contribution in [3.05, 3.63) is 93.5 Å². The Bertz CT molecular complexity index is 1030. The van der Waals surface area contributed by atoms with Crippen LogP contribution in [0.2, 0.25) is 0 Å². The molecule has 0 unspecified atom stereocenters. The van der Waals surface area contributed by atoms with Crippen molar-refractivity contribution in [1.29, 1.82) is 0 Å². The van der Waals surface area contributed by atoms with Gasteiger partial charge in [0.1, 0.15) is 0 Å². The van der Waals surface area contributed by atoms with E-state index in [0.717, 1.165) is 6.42 Å². The van der Waals surface area contributed by atoms with Crippen LogP contribution in [-0.2, 0) is 17.6 Å². The third-order valence-electron chi connectivity index (χ3n) is 4.62. The molecule has 0 saturated carbocycles. The number of carbonyl (C=O) groups is 1. The van der Waals surface area contributed by atoms with Crippen LogP contribution in [0.1, 0.15) is 16.7 Å². The Labute approximate surface area is 150 Å². The number of nitrogens with zero attached hydrogens (tertiary/aromatic N) is 1. The molecule has 5 heteroatoms. The largest absolute Gasteiger partial charge is 0.326 e. The fraction of sp³-hybridized carbons (Fsp3) is 0.0952. The fourth-order valence-electron chi connectivity index (χ4n) is 3.44. The molecule has 4 rings (SSSR count). The van der Waals surface area contributed by atoms with Crippen molar-refractivity contribution in [3.8, 4) is 11.1 Å². The number of hydrogen-bond acceptors (Lipinski definition) is 3. The second kappa shape index (κ2) is 6.44. The van der Waals surface area contributed by atoms with Gasteiger partial charge in [0.05, 0.1) is 11.3 Å². The summed E-state index contributed by atoms with van der Waals surface area (Å²) in [6.07, 6.45) is 0.813. The van der Waals surface area contributed by atoms with Gasteiger partial charge in [-0.2, -0.15) is 0 Å².